The summed E-state index contributed by atoms with van der Waals surface area (Å²) in [5, 5.41) is 15.7. The standard InChI is InChI=1S/C18H23N3O4/c1-2-21(10-17(22)23)14-7-13(8-14)20-18(24)19-9-12-11-25-16-6-4-3-5-15(12)16/h3-6,11,13-14H,2,7-10H2,1H3,(H,22,23)(H2,19,20,24). The van der Waals surface area contributed by atoms with E-state index in [-0.39, 0.29) is 24.7 Å². The number of carboxylic acid groups (broad SMARTS) is 1. The number of rotatable bonds is 7. The van der Waals surface area contributed by atoms with E-state index in [1.165, 1.54) is 0 Å². The molecule has 1 aromatic heterocycles. The van der Waals surface area contributed by atoms with Gasteiger partial charge >= 0.3 is 12.0 Å². The largest absolute Gasteiger partial charge is 0.480 e. The first-order valence-electron chi connectivity index (χ1n) is 8.52. The van der Waals surface area contributed by atoms with Crippen LogP contribution in [0.5, 0.6) is 0 Å². The number of carboxylic acids is 1. The van der Waals surface area contributed by atoms with Crippen LogP contribution in [0.15, 0.2) is 34.9 Å². The number of carbonyl (C=O) groups is 2. The molecule has 0 radical (unpaired) electrons. The van der Waals surface area contributed by atoms with Crippen LogP contribution >= 0.6 is 0 Å². The SMILES string of the molecule is CCN(CC(=O)O)C1CC(NC(=O)NCc2coc3ccccc23)C1. The van der Waals surface area contributed by atoms with Crippen molar-refractivity contribution < 1.29 is 19.1 Å². The molecule has 0 bridgehead atoms. The first-order chi connectivity index (χ1) is 12.1. The highest BCUT2D eigenvalue weighted by Gasteiger charge is 2.34. The molecule has 0 unspecified atom stereocenters. The average molecular weight is 345 g/mol. The fourth-order valence-electron chi connectivity index (χ4n) is 3.26. The summed E-state index contributed by atoms with van der Waals surface area (Å²) < 4.78 is 5.45. The molecule has 0 spiro atoms. The smallest absolute Gasteiger partial charge is 0.317 e. The van der Waals surface area contributed by atoms with E-state index in [0.717, 1.165) is 29.4 Å². The second kappa shape index (κ2) is 7.57. The minimum absolute atomic E-state index is 0.0493. The second-order valence-corrected chi connectivity index (χ2v) is 6.36. The van der Waals surface area contributed by atoms with Crippen LogP contribution in [0.1, 0.15) is 25.3 Å². The number of carbonyl (C=O) groups excluding carboxylic acids is 1. The van der Waals surface area contributed by atoms with E-state index in [1.807, 2.05) is 36.1 Å². The summed E-state index contributed by atoms with van der Waals surface area (Å²) in [5.74, 6) is -0.816. The molecule has 1 fully saturated rings. The zero-order valence-corrected chi connectivity index (χ0v) is 14.2. The molecule has 0 atom stereocenters. The van der Waals surface area contributed by atoms with Gasteiger partial charge in [0, 0.05) is 29.6 Å². The Kier molecular flexibility index (Phi) is 5.23. The van der Waals surface area contributed by atoms with Crippen LogP contribution in [0.25, 0.3) is 11.0 Å². The third-order valence-electron chi connectivity index (χ3n) is 4.71. The molecule has 1 saturated carbocycles. The quantitative estimate of drug-likeness (QED) is 0.715. The predicted molar refractivity (Wildman–Crippen MR) is 93.3 cm³/mol. The molecule has 7 heteroatoms. The van der Waals surface area contributed by atoms with Gasteiger partial charge in [-0.15, -0.1) is 0 Å². The van der Waals surface area contributed by atoms with Crippen LogP contribution in [0, 0.1) is 0 Å². The van der Waals surface area contributed by atoms with Gasteiger partial charge in [-0.25, -0.2) is 4.79 Å². The summed E-state index contributed by atoms with van der Waals surface area (Å²) in [7, 11) is 0. The Balaban J connectivity index is 1.43. The van der Waals surface area contributed by atoms with E-state index in [4.69, 9.17) is 9.52 Å². The van der Waals surface area contributed by atoms with E-state index < -0.39 is 5.97 Å². The number of nitrogens with zero attached hydrogens (tertiary/aromatic N) is 1. The van der Waals surface area contributed by atoms with Crippen molar-refractivity contribution in [3.63, 3.8) is 0 Å². The average Bonchev–Trinajstić information content (AvgIpc) is 2.97. The number of nitrogens with one attached hydrogen (secondary N) is 2. The molecule has 1 aliphatic carbocycles. The number of hydrogen-bond acceptors (Lipinski definition) is 4. The van der Waals surface area contributed by atoms with Crippen molar-refractivity contribution in [3.8, 4) is 0 Å². The van der Waals surface area contributed by atoms with Crippen LogP contribution in [0.3, 0.4) is 0 Å². The van der Waals surface area contributed by atoms with Gasteiger partial charge in [0.2, 0.25) is 0 Å². The monoisotopic (exact) mass is 345 g/mol. The summed E-state index contributed by atoms with van der Waals surface area (Å²) >= 11 is 0. The zero-order valence-electron chi connectivity index (χ0n) is 14.2. The molecular formula is C18H23N3O4. The summed E-state index contributed by atoms with van der Waals surface area (Å²) in [6.07, 6.45) is 3.22. The number of furan rings is 1. The van der Waals surface area contributed by atoms with Gasteiger partial charge in [0.25, 0.3) is 0 Å². The van der Waals surface area contributed by atoms with Gasteiger partial charge in [0.1, 0.15) is 5.58 Å². The van der Waals surface area contributed by atoms with E-state index in [2.05, 4.69) is 10.6 Å². The number of aliphatic carboxylic acids is 1. The van der Waals surface area contributed by atoms with Crippen LogP contribution in [-0.4, -0.2) is 47.2 Å². The van der Waals surface area contributed by atoms with Crippen LogP contribution in [0.4, 0.5) is 4.79 Å². The highest BCUT2D eigenvalue weighted by molar-refractivity contribution is 5.81. The normalized spacial score (nSPS) is 19.6. The van der Waals surface area contributed by atoms with E-state index in [9.17, 15) is 9.59 Å². The fourth-order valence-corrected chi connectivity index (χ4v) is 3.26. The number of para-hydroxylation sites is 1. The van der Waals surface area contributed by atoms with Gasteiger partial charge in [-0.05, 0) is 25.5 Å². The molecule has 134 valence electrons. The molecule has 7 nitrogen and oxygen atoms in total. The maximum Gasteiger partial charge on any atom is 0.317 e. The molecule has 0 aliphatic heterocycles. The minimum Gasteiger partial charge on any atom is -0.480 e. The zero-order chi connectivity index (χ0) is 17.8. The first kappa shape index (κ1) is 17.3. The number of urea groups is 1. The van der Waals surface area contributed by atoms with Gasteiger partial charge in [-0.3, -0.25) is 9.69 Å². The third kappa shape index (κ3) is 4.11. The number of benzene rings is 1. The maximum atomic E-state index is 12.0. The van der Waals surface area contributed by atoms with Gasteiger partial charge < -0.3 is 20.2 Å². The van der Waals surface area contributed by atoms with Gasteiger partial charge in [0.15, 0.2) is 0 Å². The summed E-state index contributed by atoms with van der Waals surface area (Å²) in [4.78, 5) is 24.8. The van der Waals surface area contributed by atoms with Crippen LogP contribution < -0.4 is 10.6 Å². The highest BCUT2D eigenvalue weighted by atomic mass is 16.4. The lowest BCUT2D eigenvalue weighted by atomic mass is 9.85. The Morgan fingerprint density at radius 1 is 1.32 bits per heavy atom. The maximum absolute atomic E-state index is 12.0. The van der Waals surface area contributed by atoms with Crippen molar-refractivity contribution in [2.45, 2.75) is 38.4 Å². The lowest BCUT2D eigenvalue weighted by molar-refractivity contribution is -0.139. The van der Waals surface area contributed by atoms with Crippen molar-refractivity contribution in [1.82, 2.24) is 15.5 Å². The fraction of sp³-hybridized carbons (Fsp3) is 0.444. The summed E-state index contributed by atoms with van der Waals surface area (Å²) in [6, 6.07) is 7.81. The molecule has 1 aromatic carbocycles. The van der Waals surface area contributed by atoms with Crippen molar-refractivity contribution in [2.75, 3.05) is 13.1 Å². The summed E-state index contributed by atoms with van der Waals surface area (Å²) in [6.45, 7) is 3.10. The second-order valence-electron chi connectivity index (χ2n) is 6.36. The van der Waals surface area contributed by atoms with Crippen molar-refractivity contribution in [1.29, 1.82) is 0 Å². The summed E-state index contributed by atoms with van der Waals surface area (Å²) in [5.41, 5.74) is 1.75. The molecule has 2 amide bonds. The molecule has 0 saturated heterocycles. The van der Waals surface area contributed by atoms with Gasteiger partial charge in [-0.1, -0.05) is 25.1 Å². The number of likely N-dealkylation sites (N-methyl/N-ethyl adjacent to an activating group) is 1. The van der Waals surface area contributed by atoms with Crippen molar-refractivity contribution in [2.24, 2.45) is 0 Å². The predicted octanol–water partition coefficient (Wildman–Crippen LogP) is 2.17. The number of hydrogen-bond donors (Lipinski definition) is 3. The Morgan fingerprint density at radius 3 is 2.80 bits per heavy atom. The lowest BCUT2D eigenvalue weighted by Gasteiger charge is -2.42. The highest BCUT2D eigenvalue weighted by Crippen LogP contribution is 2.25. The van der Waals surface area contributed by atoms with Crippen molar-refractivity contribution >= 4 is 23.0 Å². The van der Waals surface area contributed by atoms with Gasteiger partial charge in [-0.2, -0.15) is 0 Å². The van der Waals surface area contributed by atoms with Crippen LogP contribution in [-0.2, 0) is 11.3 Å². The Hall–Kier alpha value is -2.54. The topological polar surface area (TPSA) is 94.8 Å². The van der Waals surface area contributed by atoms with E-state index >= 15 is 0 Å². The van der Waals surface area contributed by atoms with E-state index in [1.54, 1.807) is 6.26 Å². The van der Waals surface area contributed by atoms with E-state index in [0.29, 0.717) is 13.1 Å². The Labute approximate surface area is 146 Å². The molecular weight excluding hydrogens is 322 g/mol. The Morgan fingerprint density at radius 2 is 2.08 bits per heavy atom. The molecule has 3 rings (SSSR count). The molecule has 2 aromatic rings. The Bertz CT molecular complexity index is 752. The number of fused-ring (bicyclic) bond motifs is 1. The molecule has 1 heterocycles. The van der Waals surface area contributed by atoms with Gasteiger partial charge in [0.05, 0.1) is 12.8 Å². The third-order valence-corrected chi connectivity index (χ3v) is 4.71. The van der Waals surface area contributed by atoms with Crippen LogP contribution in [0.2, 0.25) is 0 Å². The first-order valence-corrected chi connectivity index (χ1v) is 8.52. The molecule has 1 aliphatic rings. The molecule has 3 N–H and O–H groups in total. The number of amides is 2. The molecule has 25 heavy (non-hydrogen) atoms. The van der Waals surface area contributed by atoms with Crippen molar-refractivity contribution in [3.05, 3.63) is 36.1 Å². The minimum atomic E-state index is -0.816. The lowest BCUT2D eigenvalue weighted by Crippen LogP contribution is -2.56.